The number of nitrogens with zero attached hydrogens (tertiary/aromatic N) is 5. The minimum atomic E-state index is -0.879. The average Bonchev–Trinajstić information content (AvgIpc) is 3.87. The summed E-state index contributed by atoms with van der Waals surface area (Å²) in [5.74, 6) is 0.952. The number of nitrogens with one attached hydrogen (secondary N) is 1. The molecule has 4 atom stereocenters. The van der Waals surface area contributed by atoms with E-state index >= 15 is 4.39 Å². The summed E-state index contributed by atoms with van der Waals surface area (Å²) >= 11 is 0. The van der Waals surface area contributed by atoms with Crippen LogP contribution in [-0.4, -0.2) is 100 Å². The van der Waals surface area contributed by atoms with Crippen molar-refractivity contribution in [2.45, 2.75) is 111 Å². The number of benzene rings is 3. The number of H-pyrrole nitrogens is 1. The van der Waals surface area contributed by atoms with Crippen LogP contribution in [-0.2, 0) is 25.7 Å². The maximum Gasteiger partial charge on any atom is 0.347 e. The van der Waals surface area contributed by atoms with E-state index < -0.39 is 40.3 Å². The van der Waals surface area contributed by atoms with Gasteiger partial charge in [-0.25, -0.2) is 18.0 Å². The van der Waals surface area contributed by atoms with Crippen LogP contribution in [0.3, 0.4) is 0 Å². The van der Waals surface area contributed by atoms with Crippen LogP contribution in [0, 0.1) is 34.8 Å². The summed E-state index contributed by atoms with van der Waals surface area (Å²) in [6, 6.07) is 12.8. The fraction of sp³-hybridized carbons (Fsp3) is 0.462. The second-order valence-electron chi connectivity index (χ2n) is 20.3. The number of amides is 1. The summed E-state index contributed by atoms with van der Waals surface area (Å²) in [6.07, 6.45) is 12.3. The predicted molar refractivity (Wildman–Crippen MR) is 254 cm³/mol. The highest BCUT2D eigenvalue weighted by Crippen LogP contribution is 2.41. The van der Waals surface area contributed by atoms with Gasteiger partial charge in [0.15, 0.2) is 5.82 Å². The van der Waals surface area contributed by atoms with E-state index in [2.05, 4.69) is 32.7 Å². The molecule has 2 aromatic heterocycles. The van der Waals surface area contributed by atoms with Crippen LogP contribution in [0.4, 0.5) is 19.0 Å². The Hall–Kier alpha value is -6.31. The van der Waals surface area contributed by atoms with Gasteiger partial charge in [0.2, 0.25) is 6.41 Å². The highest BCUT2D eigenvalue weighted by Gasteiger charge is 2.45. The van der Waals surface area contributed by atoms with Gasteiger partial charge >= 0.3 is 17.6 Å². The summed E-state index contributed by atoms with van der Waals surface area (Å²) in [5, 5.41) is 0.891. The lowest BCUT2D eigenvalue weighted by Crippen LogP contribution is -2.53. The molecule has 4 fully saturated rings. The number of rotatable bonds is 7. The van der Waals surface area contributed by atoms with Gasteiger partial charge in [0.25, 0.3) is 0 Å². The molecule has 4 saturated heterocycles. The lowest BCUT2D eigenvalue weighted by molar-refractivity contribution is -0.143. The summed E-state index contributed by atoms with van der Waals surface area (Å²) < 4.78 is 59.9. The number of ether oxygens (including phenoxy) is 3. The minimum absolute atomic E-state index is 0.0311. The van der Waals surface area contributed by atoms with Crippen LogP contribution < -0.4 is 20.1 Å². The minimum Gasteiger partial charge on any atom is -0.426 e. The van der Waals surface area contributed by atoms with Crippen LogP contribution in [0.2, 0.25) is 0 Å². The number of terminal acetylenes is 1. The molecule has 0 aliphatic carbocycles. The molecule has 0 saturated carbocycles. The van der Waals surface area contributed by atoms with Crippen molar-refractivity contribution in [1.29, 1.82) is 0 Å². The Morgan fingerprint density at radius 2 is 1.60 bits per heavy atom. The van der Waals surface area contributed by atoms with Crippen LogP contribution in [0.15, 0.2) is 59.5 Å². The maximum atomic E-state index is 16.4. The van der Waals surface area contributed by atoms with Gasteiger partial charge in [0, 0.05) is 61.5 Å². The van der Waals surface area contributed by atoms with Crippen molar-refractivity contribution < 1.29 is 41.8 Å². The summed E-state index contributed by atoms with van der Waals surface area (Å²) in [7, 11) is 1.65. The Bertz CT molecular complexity index is 2800. The molecule has 5 aromatic rings. The van der Waals surface area contributed by atoms with Crippen molar-refractivity contribution in [2.24, 2.45) is 10.8 Å². The summed E-state index contributed by atoms with van der Waals surface area (Å²) in [5.41, 5.74) is -1.15. The van der Waals surface area contributed by atoms with E-state index in [1.54, 1.807) is 44.9 Å². The van der Waals surface area contributed by atoms with Crippen molar-refractivity contribution in [3.63, 3.8) is 0 Å². The molecule has 68 heavy (non-hydrogen) atoms. The molecule has 16 heteroatoms. The Morgan fingerprint density at radius 1 is 0.956 bits per heavy atom. The first-order valence-corrected chi connectivity index (χ1v) is 22.8. The normalized spacial score (nSPS) is 21.1. The van der Waals surface area contributed by atoms with E-state index in [0.717, 1.165) is 37.8 Å². The van der Waals surface area contributed by atoms with E-state index in [9.17, 15) is 28.0 Å². The first kappa shape index (κ1) is 49.6. The van der Waals surface area contributed by atoms with Crippen LogP contribution >= 0.6 is 0 Å². The second kappa shape index (κ2) is 19.7. The molecule has 4 aliphatic rings. The number of anilines is 1. The first-order valence-electron chi connectivity index (χ1n) is 22.8. The number of methoxy groups -OCH3 is 1. The fourth-order valence-electron chi connectivity index (χ4n) is 9.32. The van der Waals surface area contributed by atoms with Gasteiger partial charge in [-0.15, -0.1) is 6.42 Å². The molecular formula is C52H59F3N6O7. The molecular weight excluding hydrogens is 878 g/mol. The second-order valence-corrected chi connectivity index (χ2v) is 20.3. The largest absolute Gasteiger partial charge is 0.426 e. The van der Waals surface area contributed by atoms with Crippen molar-refractivity contribution in [3.8, 4) is 35.1 Å². The third-order valence-corrected chi connectivity index (χ3v) is 13.0. The number of aromatic amines is 1. The van der Waals surface area contributed by atoms with Crippen molar-refractivity contribution >= 4 is 45.8 Å². The molecule has 4 aliphatic heterocycles. The number of esters is 2. The first-order chi connectivity index (χ1) is 32.1. The van der Waals surface area contributed by atoms with E-state index in [0.29, 0.717) is 37.4 Å². The summed E-state index contributed by atoms with van der Waals surface area (Å²) in [4.78, 5) is 65.5. The van der Waals surface area contributed by atoms with E-state index in [-0.39, 0.29) is 68.3 Å². The predicted octanol–water partition coefficient (Wildman–Crippen LogP) is 8.53. The Labute approximate surface area is 394 Å². The number of aromatic nitrogens is 3. The Morgan fingerprint density at radius 3 is 2.19 bits per heavy atom. The van der Waals surface area contributed by atoms with E-state index in [4.69, 9.17) is 20.6 Å². The Kier molecular flexibility index (Phi) is 14.4. The number of alkyl halides is 1. The van der Waals surface area contributed by atoms with Crippen LogP contribution in [0.5, 0.6) is 11.5 Å². The number of piperazine rings is 1. The van der Waals surface area contributed by atoms with Gasteiger partial charge in [-0.2, -0.15) is 4.98 Å². The van der Waals surface area contributed by atoms with Crippen molar-refractivity contribution in [2.75, 3.05) is 38.2 Å². The molecule has 0 radical (unpaired) electrons. The standard InChI is InChI=1S/C31H27F2N5O4.C13H18O3.C8H14FN/c1-5-20-23(32)9-6-16-10-19(42-29(40)31(2,3)4)11-21(24(16)20)26-25(33)27-22(12-34-26)28(36-30(41)35-27)37-13-17-7-8-18(14-37)38(17)15-39;1-13(2,3)12(14)16-11-7-5-10(6-8-11)9-15-4;1-8-3-2-4-10(8)6-7(9)5-8/h1,6,9-12,15,17-18H,7-8,13-14H2,2-4H3,(H,35,36,41);5-8H,9H2,1-4H3;7H,2-6H2,1H3/t;;7-,8+/m..1/s1. The number of halogens is 3. The monoisotopic (exact) mass is 936 g/mol. The topological polar surface area (TPSA) is 147 Å². The maximum absolute atomic E-state index is 16.4. The molecule has 9 rings (SSSR count). The number of carbonyl (C=O) groups excluding carboxylic acids is 3. The van der Waals surface area contributed by atoms with Gasteiger partial charge < -0.3 is 29.0 Å². The number of carbonyl (C=O) groups is 3. The quantitative estimate of drug-likeness (QED) is 0.0725. The van der Waals surface area contributed by atoms with E-state index in [1.165, 1.54) is 43.3 Å². The molecule has 1 amide bonds. The molecule has 6 heterocycles. The smallest absolute Gasteiger partial charge is 0.347 e. The SMILES string of the molecule is C#Cc1c(F)ccc2cc(OC(=O)C(C)(C)C)cc(-c3ncc4c(N5CC6CCC(C5)N6C=O)nc(=O)[nH]c4c3F)c12.COCc1ccc(OC(=O)C(C)(C)C)cc1.C[C@@]12CCCN1C[C@H](F)C2. The molecule has 0 spiro atoms. The highest BCUT2D eigenvalue weighted by molar-refractivity contribution is 6.03. The molecule has 360 valence electrons. The zero-order valence-electron chi connectivity index (χ0n) is 39.9. The Balaban J connectivity index is 0.000000213. The fourth-order valence-corrected chi connectivity index (χ4v) is 9.32. The van der Waals surface area contributed by atoms with Gasteiger partial charge in [-0.1, -0.05) is 24.1 Å². The summed E-state index contributed by atoms with van der Waals surface area (Å²) in [6.45, 7) is 16.0. The lowest BCUT2D eigenvalue weighted by Gasteiger charge is -2.39. The van der Waals surface area contributed by atoms with Crippen LogP contribution in [0.25, 0.3) is 32.9 Å². The van der Waals surface area contributed by atoms with E-state index in [1.807, 2.05) is 37.8 Å². The van der Waals surface area contributed by atoms with Crippen molar-refractivity contribution in [3.05, 3.63) is 88.0 Å². The van der Waals surface area contributed by atoms with Gasteiger partial charge in [0.05, 0.1) is 33.9 Å². The molecule has 2 bridgehead atoms. The third-order valence-electron chi connectivity index (χ3n) is 13.0. The molecule has 1 N–H and O–H groups in total. The highest BCUT2D eigenvalue weighted by atomic mass is 19.1. The third kappa shape index (κ3) is 10.5. The van der Waals surface area contributed by atoms with Crippen molar-refractivity contribution in [1.82, 2.24) is 24.8 Å². The van der Waals surface area contributed by atoms with Gasteiger partial charge in [-0.05, 0) is 128 Å². The lowest BCUT2D eigenvalue weighted by atomic mass is 9.95. The molecule has 13 nitrogen and oxygen atoms in total. The van der Waals surface area contributed by atoms with Gasteiger partial charge in [0.1, 0.15) is 35.0 Å². The zero-order chi connectivity index (χ0) is 49.3. The molecule has 2 unspecified atom stereocenters. The average molecular weight is 937 g/mol. The number of hydrogen-bond donors (Lipinski definition) is 1. The number of hydrogen-bond acceptors (Lipinski definition) is 11. The molecule has 3 aromatic carbocycles. The van der Waals surface area contributed by atoms with Crippen LogP contribution in [0.1, 0.15) is 91.7 Å². The van der Waals surface area contributed by atoms with Gasteiger partial charge in [-0.3, -0.25) is 24.3 Å². The zero-order valence-corrected chi connectivity index (χ0v) is 39.9. The number of pyridine rings is 1. The number of fused-ring (bicyclic) bond motifs is 5.